The molecule has 0 aliphatic carbocycles. The third-order valence-electron chi connectivity index (χ3n) is 3.61. The van der Waals surface area contributed by atoms with Gasteiger partial charge in [-0.1, -0.05) is 11.6 Å². The number of methoxy groups -OCH3 is 1. The maximum Gasteiger partial charge on any atom is 0.231 e. The number of aromatic nitrogens is 2. The van der Waals surface area contributed by atoms with Crippen molar-refractivity contribution in [2.24, 2.45) is 0 Å². The first-order chi connectivity index (χ1) is 11.7. The first kappa shape index (κ1) is 14.6. The summed E-state index contributed by atoms with van der Waals surface area (Å²) in [4.78, 5) is 8.64. The third-order valence-corrected chi connectivity index (χ3v) is 3.92. The number of ether oxygens (including phenoxy) is 3. The number of hydrogen-bond donors (Lipinski definition) is 2. The third kappa shape index (κ3) is 2.39. The molecular formula is C16H12ClN3O4. The molecule has 122 valence electrons. The molecule has 0 bridgehead atoms. The lowest BCUT2D eigenvalue weighted by atomic mass is 10.2. The number of aromatic hydroxyl groups is 1. The highest BCUT2D eigenvalue weighted by molar-refractivity contribution is 6.33. The van der Waals surface area contributed by atoms with Crippen molar-refractivity contribution in [3.63, 3.8) is 0 Å². The van der Waals surface area contributed by atoms with Crippen LogP contribution in [0.5, 0.6) is 23.0 Å². The van der Waals surface area contributed by atoms with Crippen molar-refractivity contribution in [1.29, 1.82) is 0 Å². The molecule has 2 aromatic carbocycles. The molecule has 4 rings (SSSR count). The maximum absolute atomic E-state index is 9.90. The van der Waals surface area contributed by atoms with E-state index in [1.54, 1.807) is 24.4 Å². The predicted octanol–water partition coefficient (Wildman–Crippen LogP) is 3.47. The van der Waals surface area contributed by atoms with E-state index in [9.17, 15) is 5.11 Å². The Morgan fingerprint density at radius 1 is 1.29 bits per heavy atom. The van der Waals surface area contributed by atoms with Crippen LogP contribution in [0.25, 0.3) is 10.9 Å². The van der Waals surface area contributed by atoms with Crippen LogP contribution in [0.15, 0.2) is 30.5 Å². The van der Waals surface area contributed by atoms with E-state index < -0.39 is 0 Å². The standard InChI is InChI=1S/C16H12ClN3O4/c1-22-13-4-8-6-18-16(19-10(8)5-11(13)21)20-14-9(17)2-3-12-15(14)24-7-23-12/h2-6,21H,7H2,1H3,(H,18,19,20). The van der Waals surface area contributed by atoms with Gasteiger partial charge in [0.1, 0.15) is 5.69 Å². The molecule has 0 radical (unpaired) electrons. The van der Waals surface area contributed by atoms with Gasteiger partial charge < -0.3 is 24.6 Å². The fourth-order valence-electron chi connectivity index (χ4n) is 2.45. The summed E-state index contributed by atoms with van der Waals surface area (Å²) < 4.78 is 15.8. The van der Waals surface area contributed by atoms with Gasteiger partial charge in [-0.15, -0.1) is 0 Å². The Kier molecular flexibility index (Phi) is 3.42. The lowest BCUT2D eigenvalue weighted by molar-refractivity contribution is 0.174. The van der Waals surface area contributed by atoms with Crippen LogP contribution in [0.4, 0.5) is 11.6 Å². The van der Waals surface area contributed by atoms with E-state index in [0.29, 0.717) is 39.4 Å². The van der Waals surface area contributed by atoms with Gasteiger partial charge in [0.2, 0.25) is 12.7 Å². The molecule has 0 amide bonds. The number of rotatable bonds is 3. The quantitative estimate of drug-likeness (QED) is 0.751. The highest BCUT2D eigenvalue weighted by Gasteiger charge is 2.21. The van der Waals surface area contributed by atoms with Crippen molar-refractivity contribution in [2.45, 2.75) is 0 Å². The Bertz CT molecular complexity index is 948. The van der Waals surface area contributed by atoms with Crippen LogP contribution in [-0.4, -0.2) is 29.0 Å². The summed E-state index contributed by atoms with van der Waals surface area (Å²) >= 11 is 6.23. The smallest absolute Gasteiger partial charge is 0.231 e. The van der Waals surface area contributed by atoms with Crippen molar-refractivity contribution in [2.75, 3.05) is 19.2 Å². The van der Waals surface area contributed by atoms with Crippen LogP contribution in [-0.2, 0) is 0 Å². The molecule has 3 aromatic rings. The Labute approximate surface area is 141 Å². The SMILES string of the molecule is COc1cc2cnc(Nc3c(Cl)ccc4c3OCO4)nc2cc1O. The van der Waals surface area contributed by atoms with Gasteiger partial charge in [-0.25, -0.2) is 9.97 Å². The van der Waals surface area contributed by atoms with Crippen LogP contribution in [0, 0.1) is 0 Å². The molecule has 0 unspecified atom stereocenters. The van der Waals surface area contributed by atoms with Gasteiger partial charge in [-0.3, -0.25) is 0 Å². The Balaban J connectivity index is 1.75. The molecule has 2 N–H and O–H groups in total. The summed E-state index contributed by atoms with van der Waals surface area (Å²) in [6.07, 6.45) is 1.63. The first-order valence-corrected chi connectivity index (χ1v) is 7.42. The minimum absolute atomic E-state index is 0.00465. The van der Waals surface area contributed by atoms with E-state index in [1.165, 1.54) is 13.2 Å². The van der Waals surface area contributed by atoms with Gasteiger partial charge >= 0.3 is 0 Å². The monoisotopic (exact) mass is 345 g/mol. The molecule has 1 aliphatic heterocycles. The van der Waals surface area contributed by atoms with E-state index >= 15 is 0 Å². The normalized spacial score (nSPS) is 12.4. The molecule has 8 heteroatoms. The Morgan fingerprint density at radius 2 is 2.17 bits per heavy atom. The second-order valence-corrected chi connectivity index (χ2v) is 5.46. The van der Waals surface area contributed by atoms with Crippen LogP contribution >= 0.6 is 11.6 Å². The van der Waals surface area contributed by atoms with E-state index in [0.717, 1.165) is 5.39 Å². The number of benzene rings is 2. The number of halogens is 1. The topological polar surface area (TPSA) is 85.7 Å². The van der Waals surface area contributed by atoms with Crippen molar-refractivity contribution >= 4 is 34.1 Å². The van der Waals surface area contributed by atoms with E-state index in [4.69, 9.17) is 25.8 Å². The van der Waals surface area contributed by atoms with Crippen LogP contribution in [0.1, 0.15) is 0 Å². The van der Waals surface area contributed by atoms with E-state index in [-0.39, 0.29) is 12.5 Å². The Morgan fingerprint density at radius 3 is 3.00 bits per heavy atom. The lowest BCUT2D eigenvalue weighted by Crippen LogP contribution is -2.00. The zero-order valence-corrected chi connectivity index (χ0v) is 13.3. The number of phenolic OH excluding ortho intramolecular Hbond substituents is 1. The number of phenols is 1. The average molecular weight is 346 g/mol. The maximum atomic E-state index is 9.90. The van der Waals surface area contributed by atoms with Gasteiger partial charge in [0, 0.05) is 17.6 Å². The number of nitrogens with zero attached hydrogens (tertiary/aromatic N) is 2. The molecule has 0 spiro atoms. The molecule has 0 saturated heterocycles. The minimum Gasteiger partial charge on any atom is -0.504 e. The van der Waals surface area contributed by atoms with Crippen LogP contribution in [0.3, 0.4) is 0 Å². The van der Waals surface area contributed by atoms with Gasteiger partial charge in [0.15, 0.2) is 23.0 Å². The van der Waals surface area contributed by atoms with Crippen molar-refractivity contribution in [1.82, 2.24) is 9.97 Å². The molecule has 0 saturated carbocycles. The minimum atomic E-state index is 0.00465. The zero-order valence-electron chi connectivity index (χ0n) is 12.5. The van der Waals surface area contributed by atoms with E-state index in [2.05, 4.69) is 15.3 Å². The van der Waals surface area contributed by atoms with Gasteiger partial charge in [-0.05, 0) is 18.2 Å². The second-order valence-electron chi connectivity index (χ2n) is 5.06. The van der Waals surface area contributed by atoms with Crippen LogP contribution in [0.2, 0.25) is 5.02 Å². The number of nitrogens with one attached hydrogen (secondary N) is 1. The second kappa shape index (κ2) is 5.61. The largest absolute Gasteiger partial charge is 0.504 e. The summed E-state index contributed by atoms with van der Waals surface area (Å²) in [7, 11) is 1.48. The first-order valence-electron chi connectivity index (χ1n) is 7.04. The summed E-state index contributed by atoms with van der Waals surface area (Å²) in [5.74, 6) is 1.80. The summed E-state index contributed by atoms with van der Waals surface area (Å²) in [6.45, 7) is 0.136. The molecule has 0 fully saturated rings. The lowest BCUT2D eigenvalue weighted by Gasteiger charge is -2.11. The molecule has 2 heterocycles. The van der Waals surface area contributed by atoms with Gasteiger partial charge in [0.05, 0.1) is 17.6 Å². The average Bonchev–Trinajstić information content (AvgIpc) is 3.05. The molecule has 7 nitrogen and oxygen atoms in total. The Hall–Kier alpha value is -2.93. The zero-order chi connectivity index (χ0) is 16.7. The molecule has 1 aromatic heterocycles. The molecule has 24 heavy (non-hydrogen) atoms. The number of hydrogen-bond acceptors (Lipinski definition) is 7. The summed E-state index contributed by atoms with van der Waals surface area (Å²) in [5.41, 5.74) is 1.09. The van der Waals surface area contributed by atoms with E-state index in [1.807, 2.05) is 0 Å². The molecular weight excluding hydrogens is 334 g/mol. The fourth-order valence-corrected chi connectivity index (χ4v) is 2.64. The van der Waals surface area contributed by atoms with Gasteiger partial charge in [0.25, 0.3) is 0 Å². The van der Waals surface area contributed by atoms with Crippen molar-refractivity contribution < 1.29 is 19.3 Å². The molecule has 0 atom stereocenters. The highest BCUT2D eigenvalue weighted by atomic mass is 35.5. The summed E-state index contributed by atoms with van der Waals surface area (Å²) in [6, 6.07) is 6.62. The van der Waals surface area contributed by atoms with Crippen LogP contribution < -0.4 is 19.5 Å². The molecule has 1 aliphatic rings. The van der Waals surface area contributed by atoms with Crippen molar-refractivity contribution in [3.05, 3.63) is 35.5 Å². The van der Waals surface area contributed by atoms with Crippen molar-refractivity contribution in [3.8, 4) is 23.0 Å². The summed E-state index contributed by atoms with van der Waals surface area (Å²) in [5, 5.41) is 14.1. The highest BCUT2D eigenvalue weighted by Crippen LogP contribution is 2.44. The fraction of sp³-hybridized carbons (Fsp3) is 0.125. The predicted molar refractivity (Wildman–Crippen MR) is 88.6 cm³/mol. The number of fused-ring (bicyclic) bond motifs is 2. The van der Waals surface area contributed by atoms with Gasteiger partial charge in [-0.2, -0.15) is 0 Å². The number of anilines is 2.